The number of likely N-dealkylation sites (tertiary alicyclic amines) is 1. The third kappa shape index (κ3) is 6.73. The van der Waals surface area contributed by atoms with Gasteiger partial charge in [-0.05, 0) is 45.2 Å². The van der Waals surface area contributed by atoms with Gasteiger partial charge < -0.3 is 10.1 Å². The van der Waals surface area contributed by atoms with E-state index in [0.717, 1.165) is 26.3 Å². The standard InChI is InChI=1S/C16H34N2O/c1-5-9-17-15(4)16-8-6-7-10-18(16)11-12-19-13-14(2)3/h14-17H,5-13H2,1-4H3. The zero-order chi connectivity index (χ0) is 14.1. The number of hydrogen-bond donors (Lipinski definition) is 1. The molecule has 19 heavy (non-hydrogen) atoms. The molecule has 0 saturated carbocycles. The fourth-order valence-electron chi connectivity index (χ4n) is 2.87. The van der Waals surface area contributed by atoms with E-state index in [1.807, 2.05) is 0 Å². The monoisotopic (exact) mass is 270 g/mol. The lowest BCUT2D eigenvalue weighted by molar-refractivity contribution is 0.0513. The summed E-state index contributed by atoms with van der Waals surface area (Å²) < 4.78 is 5.74. The van der Waals surface area contributed by atoms with Crippen molar-refractivity contribution in [2.24, 2.45) is 5.92 Å². The normalized spacial score (nSPS) is 22.9. The third-order valence-electron chi connectivity index (χ3n) is 3.93. The SMILES string of the molecule is CCCNC(C)C1CCCCN1CCOCC(C)C. The van der Waals surface area contributed by atoms with Gasteiger partial charge in [-0.2, -0.15) is 0 Å². The predicted molar refractivity (Wildman–Crippen MR) is 82.6 cm³/mol. The van der Waals surface area contributed by atoms with Crippen LogP contribution in [0.4, 0.5) is 0 Å². The molecule has 1 aliphatic rings. The molecule has 1 rings (SSSR count). The fourth-order valence-corrected chi connectivity index (χ4v) is 2.87. The Hall–Kier alpha value is -0.120. The van der Waals surface area contributed by atoms with Crippen LogP contribution in [0, 0.1) is 5.92 Å². The molecule has 2 unspecified atom stereocenters. The average molecular weight is 270 g/mol. The van der Waals surface area contributed by atoms with Gasteiger partial charge in [-0.3, -0.25) is 4.90 Å². The molecule has 1 fully saturated rings. The molecule has 1 heterocycles. The lowest BCUT2D eigenvalue weighted by Crippen LogP contribution is -2.52. The van der Waals surface area contributed by atoms with Gasteiger partial charge >= 0.3 is 0 Å². The summed E-state index contributed by atoms with van der Waals surface area (Å²) in [7, 11) is 0. The predicted octanol–water partition coefficient (Wildman–Crippen LogP) is 2.90. The Morgan fingerprint density at radius 1 is 1.26 bits per heavy atom. The molecule has 0 bridgehead atoms. The van der Waals surface area contributed by atoms with Crippen LogP contribution in [0.25, 0.3) is 0 Å². The van der Waals surface area contributed by atoms with Crippen molar-refractivity contribution in [1.29, 1.82) is 0 Å². The summed E-state index contributed by atoms with van der Waals surface area (Å²) in [6.45, 7) is 14.2. The maximum Gasteiger partial charge on any atom is 0.0593 e. The molecular weight excluding hydrogens is 236 g/mol. The van der Waals surface area contributed by atoms with Gasteiger partial charge in [-0.15, -0.1) is 0 Å². The van der Waals surface area contributed by atoms with E-state index in [9.17, 15) is 0 Å². The molecule has 3 heteroatoms. The Morgan fingerprint density at radius 2 is 2.05 bits per heavy atom. The molecule has 0 aliphatic carbocycles. The molecule has 0 radical (unpaired) electrons. The second-order valence-electron chi connectivity index (χ2n) is 6.31. The Bertz CT molecular complexity index is 221. The van der Waals surface area contributed by atoms with Crippen molar-refractivity contribution in [2.45, 2.75) is 65.5 Å². The van der Waals surface area contributed by atoms with Crippen molar-refractivity contribution < 1.29 is 4.74 Å². The van der Waals surface area contributed by atoms with Crippen molar-refractivity contribution in [2.75, 3.05) is 32.8 Å². The number of rotatable bonds is 9. The number of piperidine rings is 1. The highest BCUT2D eigenvalue weighted by atomic mass is 16.5. The van der Waals surface area contributed by atoms with Gasteiger partial charge in [0.25, 0.3) is 0 Å². The molecule has 114 valence electrons. The van der Waals surface area contributed by atoms with Crippen LogP contribution in [0.1, 0.15) is 53.4 Å². The second-order valence-corrected chi connectivity index (χ2v) is 6.31. The van der Waals surface area contributed by atoms with Crippen LogP contribution in [-0.4, -0.2) is 49.8 Å². The van der Waals surface area contributed by atoms with Crippen molar-refractivity contribution >= 4 is 0 Å². The number of nitrogens with zero attached hydrogens (tertiary/aromatic N) is 1. The van der Waals surface area contributed by atoms with Gasteiger partial charge in [0.2, 0.25) is 0 Å². The Kier molecular flexibility index (Phi) is 8.67. The number of nitrogens with one attached hydrogen (secondary N) is 1. The molecule has 1 N–H and O–H groups in total. The average Bonchev–Trinajstić information content (AvgIpc) is 2.41. The largest absolute Gasteiger partial charge is 0.380 e. The molecule has 3 nitrogen and oxygen atoms in total. The fraction of sp³-hybridized carbons (Fsp3) is 1.00. The van der Waals surface area contributed by atoms with Gasteiger partial charge in [0, 0.05) is 25.2 Å². The summed E-state index contributed by atoms with van der Waals surface area (Å²) in [5, 5.41) is 3.66. The zero-order valence-electron chi connectivity index (χ0n) is 13.5. The quantitative estimate of drug-likeness (QED) is 0.652. The first kappa shape index (κ1) is 16.9. The van der Waals surface area contributed by atoms with Crippen LogP contribution in [0.15, 0.2) is 0 Å². The highest BCUT2D eigenvalue weighted by molar-refractivity contribution is 4.84. The maximum atomic E-state index is 5.74. The summed E-state index contributed by atoms with van der Waals surface area (Å²) in [4.78, 5) is 2.64. The van der Waals surface area contributed by atoms with E-state index < -0.39 is 0 Å². The molecule has 0 spiro atoms. The summed E-state index contributed by atoms with van der Waals surface area (Å²) in [6, 6.07) is 1.30. The number of hydrogen-bond acceptors (Lipinski definition) is 3. The Morgan fingerprint density at radius 3 is 2.74 bits per heavy atom. The molecular formula is C16H34N2O. The first-order valence-corrected chi connectivity index (χ1v) is 8.20. The van der Waals surface area contributed by atoms with Crippen molar-refractivity contribution in [3.63, 3.8) is 0 Å². The van der Waals surface area contributed by atoms with Gasteiger partial charge in [0.1, 0.15) is 0 Å². The summed E-state index contributed by atoms with van der Waals surface area (Å²) in [5.41, 5.74) is 0. The first-order chi connectivity index (χ1) is 9.15. The van der Waals surface area contributed by atoms with E-state index in [4.69, 9.17) is 4.74 Å². The van der Waals surface area contributed by atoms with E-state index >= 15 is 0 Å². The zero-order valence-corrected chi connectivity index (χ0v) is 13.5. The number of ether oxygens (including phenoxy) is 1. The van der Waals surface area contributed by atoms with Crippen LogP contribution in [-0.2, 0) is 4.74 Å². The van der Waals surface area contributed by atoms with Crippen molar-refractivity contribution in [3.8, 4) is 0 Å². The molecule has 0 amide bonds. The maximum absolute atomic E-state index is 5.74. The van der Waals surface area contributed by atoms with Crippen LogP contribution < -0.4 is 5.32 Å². The van der Waals surface area contributed by atoms with E-state index in [1.54, 1.807) is 0 Å². The van der Waals surface area contributed by atoms with Crippen LogP contribution in [0.2, 0.25) is 0 Å². The summed E-state index contributed by atoms with van der Waals surface area (Å²) >= 11 is 0. The minimum Gasteiger partial charge on any atom is -0.380 e. The van der Waals surface area contributed by atoms with Gasteiger partial charge in [0.15, 0.2) is 0 Å². The van der Waals surface area contributed by atoms with Gasteiger partial charge in [-0.25, -0.2) is 0 Å². The van der Waals surface area contributed by atoms with Crippen molar-refractivity contribution in [1.82, 2.24) is 10.2 Å². The lowest BCUT2D eigenvalue weighted by Gasteiger charge is -2.39. The van der Waals surface area contributed by atoms with Gasteiger partial charge in [0.05, 0.1) is 6.61 Å². The van der Waals surface area contributed by atoms with Crippen LogP contribution in [0.5, 0.6) is 0 Å². The third-order valence-corrected chi connectivity index (χ3v) is 3.93. The smallest absolute Gasteiger partial charge is 0.0593 e. The molecule has 2 atom stereocenters. The van der Waals surface area contributed by atoms with E-state index in [2.05, 4.69) is 37.9 Å². The topological polar surface area (TPSA) is 24.5 Å². The highest BCUT2D eigenvalue weighted by Gasteiger charge is 2.26. The van der Waals surface area contributed by atoms with E-state index in [0.29, 0.717) is 18.0 Å². The minimum atomic E-state index is 0.602. The van der Waals surface area contributed by atoms with E-state index in [1.165, 1.54) is 32.2 Å². The Balaban J connectivity index is 2.30. The lowest BCUT2D eigenvalue weighted by atomic mass is 9.96. The van der Waals surface area contributed by atoms with E-state index in [-0.39, 0.29) is 0 Å². The Labute approximate surface area is 120 Å². The summed E-state index contributed by atoms with van der Waals surface area (Å²) in [5.74, 6) is 0.641. The second kappa shape index (κ2) is 9.73. The van der Waals surface area contributed by atoms with Crippen molar-refractivity contribution in [3.05, 3.63) is 0 Å². The van der Waals surface area contributed by atoms with Crippen LogP contribution >= 0.6 is 0 Å². The molecule has 0 aromatic heterocycles. The minimum absolute atomic E-state index is 0.602. The van der Waals surface area contributed by atoms with Crippen LogP contribution in [0.3, 0.4) is 0 Å². The highest BCUT2D eigenvalue weighted by Crippen LogP contribution is 2.19. The van der Waals surface area contributed by atoms with Gasteiger partial charge in [-0.1, -0.05) is 27.2 Å². The first-order valence-electron chi connectivity index (χ1n) is 8.20. The molecule has 1 saturated heterocycles. The molecule has 1 aliphatic heterocycles. The summed E-state index contributed by atoms with van der Waals surface area (Å²) in [6.07, 6.45) is 5.28. The molecule has 0 aromatic carbocycles. The molecule has 0 aromatic rings.